The zero-order valence-electron chi connectivity index (χ0n) is 11.4. The molecule has 0 amide bonds. The first-order valence-electron chi connectivity index (χ1n) is 6.17. The summed E-state index contributed by atoms with van der Waals surface area (Å²) in [4.78, 5) is 13.6. The minimum Gasteiger partial charge on any atom is -0.377 e. The molecule has 1 saturated heterocycles. The Labute approximate surface area is 112 Å². The van der Waals surface area contributed by atoms with E-state index in [0.29, 0.717) is 18.7 Å². The summed E-state index contributed by atoms with van der Waals surface area (Å²) in [6.07, 6.45) is -0.0928. The summed E-state index contributed by atoms with van der Waals surface area (Å²) in [5.41, 5.74) is 1.13. The average molecular weight is 267 g/mol. The molecule has 104 valence electrons. The van der Waals surface area contributed by atoms with Gasteiger partial charge in [-0.2, -0.15) is 0 Å². The first-order chi connectivity index (χ1) is 9.06. The second kappa shape index (κ2) is 5.67. The van der Waals surface area contributed by atoms with Crippen LogP contribution in [0.4, 0.5) is 10.1 Å². The van der Waals surface area contributed by atoms with Crippen LogP contribution < -0.4 is 4.90 Å². The maximum atomic E-state index is 13.3. The Morgan fingerprint density at radius 1 is 1.26 bits per heavy atom. The van der Waals surface area contributed by atoms with Gasteiger partial charge in [0, 0.05) is 38.6 Å². The minimum absolute atomic E-state index is 0.0464. The van der Waals surface area contributed by atoms with Crippen LogP contribution in [0.1, 0.15) is 17.3 Å². The Morgan fingerprint density at radius 3 is 2.32 bits per heavy atom. The highest BCUT2D eigenvalue weighted by molar-refractivity contribution is 5.99. The van der Waals surface area contributed by atoms with Crippen molar-refractivity contribution in [3.63, 3.8) is 0 Å². The summed E-state index contributed by atoms with van der Waals surface area (Å²) in [7, 11) is 3.27. The molecule has 0 spiro atoms. The molecule has 19 heavy (non-hydrogen) atoms. The van der Waals surface area contributed by atoms with Gasteiger partial charge in [0.05, 0.1) is 0 Å². The van der Waals surface area contributed by atoms with E-state index < -0.39 is 5.82 Å². The Hall–Kier alpha value is -1.46. The van der Waals surface area contributed by atoms with Gasteiger partial charge in [0.25, 0.3) is 0 Å². The predicted molar refractivity (Wildman–Crippen MR) is 70.2 cm³/mol. The van der Waals surface area contributed by atoms with Gasteiger partial charge >= 0.3 is 0 Å². The Bertz CT molecular complexity index is 466. The van der Waals surface area contributed by atoms with Gasteiger partial charge in [0.1, 0.15) is 18.0 Å². The molecule has 0 radical (unpaired) electrons. The summed E-state index contributed by atoms with van der Waals surface area (Å²) < 4.78 is 24.0. The number of ketones is 1. The predicted octanol–water partition coefficient (Wildman–Crippen LogP) is 1.88. The summed E-state index contributed by atoms with van der Waals surface area (Å²) in [6.45, 7) is 2.69. The molecule has 1 fully saturated rings. The van der Waals surface area contributed by atoms with E-state index in [9.17, 15) is 9.18 Å². The SMILES string of the molecule is COC1CN(c2ccc(F)cc2C(C)=O)CC1OC. The van der Waals surface area contributed by atoms with E-state index in [-0.39, 0.29) is 18.0 Å². The number of hydrogen-bond donors (Lipinski definition) is 0. The van der Waals surface area contributed by atoms with E-state index in [4.69, 9.17) is 9.47 Å². The van der Waals surface area contributed by atoms with Crippen LogP contribution in [-0.2, 0) is 9.47 Å². The van der Waals surface area contributed by atoms with Crippen LogP contribution in [0.3, 0.4) is 0 Å². The standard InChI is InChI=1S/C14H18FNO3/c1-9(17)11-6-10(15)4-5-12(11)16-7-13(18-2)14(8-16)19-3/h4-6,13-14H,7-8H2,1-3H3. The number of rotatable bonds is 4. The number of hydrogen-bond acceptors (Lipinski definition) is 4. The average Bonchev–Trinajstić information content (AvgIpc) is 2.81. The molecule has 2 rings (SSSR count). The summed E-state index contributed by atoms with van der Waals surface area (Å²) in [6, 6.07) is 4.28. The van der Waals surface area contributed by atoms with Crippen molar-refractivity contribution in [2.45, 2.75) is 19.1 Å². The van der Waals surface area contributed by atoms with Crippen LogP contribution in [-0.4, -0.2) is 45.3 Å². The first kappa shape index (κ1) is 14.0. The van der Waals surface area contributed by atoms with E-state index in [1.54, 1.807) is 20.3 Å². The molecular formula is C14H18FNO3. The molecule has 1 aliphatic rings. The van der Waals surface area contributed by atoms with Crippen molar-refractivity contribution in [3.05, 3.63) is 29.6 Å². The molecule has 0 bridgehead atoms. The maximum absolute atomic E-state index is 13.3. The summed E-state index contributed by atoms with van der Waals surface area (Å²) >= 11 is 0. The van der Waals surface area contributed by atoms with Crippen molar-refractivity contribution in [3.8, 4) is 0 Å². The summed E-state index contributed by atoms with van der Waals surface area (Å²) in [5, 5.41) is 0. The van der Waals surface area contributed by atoms with Crippen molar-refractivity contribution in [2.24, 2.45) is 0 Å². The molecule has 4 nitrogen and oxygen atoms in total. The third kappa shape index (κ3) is 2.77. The number of ether oxygens (including phenoxy) is 2. The molecule has 2 unspecified atom stereocenters. The molecule has 1 aliphatic heterocycles. The fourth-order valence-electron chi connectivity index (χ4n) is 2.46. The molecule has 5 heteroatoms. The van der Waals surface area contributed by atoms with Gasteiger partial charge in [-0.3, -0.25) is 4.79 Å². The van der Waals surface area contributed by atoms with E-state index in [2.05, 4.69) is 0 Å². The van der Waals surface area contributed by atoms with E-state index in [1.807, 2.05) is 4.90 Å². The highest BCUT2D eigenvalue weighted by Crippen LogP contribution is 2.27. The smallest absolute Gasteiger partial charge is 0.161 e. The number of Topliss-reactive ketones (excluding diaryl/α,β-unsaturated/α-hetero) is 1. The van der Waals surface area contributed by atoms with Gasteiger partial charge in [-0.25, -0.2) is 4.39 Å². The molecule has 2 atom stereocenters. The van der Waals surface area contributed by atoms with E-state index >= 15 is 0 Å². The highest BCUT2D eigenvalue weighted by atomic mass is 19.1. The van der Waals surface area contributed by atoms with Gasteiger partial charge in [-0.1, -0.05) is 0 Å². The van der Waals surface area contributed by atoms with Gasteiger partial charge in [-0.05, 0) is 25.1 Å². The zero-order chi connectivity index (χ0) is 14.0. The third-order valence-electron chi connectivity index (χ3n) is 3.50. The molecular weight excluding hydrogens is 249 g/mol. The fraction of sp³-hybridized carbons (Fsp3) is 0.500. The van der Waals surface area contributed by atoms with Gasteiger partial charge < -0.3 is 14.4 Å². The van der Waals surface area contributed by atoms with Crippen molar-refractivity contribution in [1.29, 1.82) is 0 Å². The monoisotopic (exact) mass is 267 g/mol. The Kier molecular flexibility index (Phi) is 4.17. The van der Waals surface area contributed by atoms with Crippen molar-refractivity contribution in [1.82, 2.24) is 0 Å². The van der Waals surface area contributed by atoms with Crippen molar-refractivity contribution in [2.75, 3.05) is 32.2 Å². The van der Waals surface area contributed by atoms with Crippen LogP contribution in [0.25, 0.3) is 0 Å². The van der Waals surface area contributed by atoms with Crippen LogP contribution in [0.15, 0.2) is 18.2 Å². The van der Waals surface area contributed by atoms with Crippen LogP contribution >= 0.6 is 0 Å². The van der Waals surface area contributed by atoms with Crippen molar-refractivity contribution < 1.29 is 18.7 Å². The second-order valence-electron chi connectivity index (χ2n) is 4.67. The quantitative estimate of drug-likeness (QED) is 0.781. The number of nitrogens with zero attached hydrogens (tertiary/aromatic N) is 1. The first-order valence-corrected chi connectivity index (χ1v) is 6.17. The van der Waals surface area contributed by atoms with Gasteiger partial charge in [-0.15, -0.1) is 0 Å². The number of carbonyl (C=O) groups is 1. The lowest BCUT2D eigenvalue weighted by Gasteiger charge is -2.20. The minimum atomic E-state index is -0.403. The largest absolute Gasteiger partial charge is 0.377 e. The van der Waals surface area contributed by atoms with E-state index in [1.165, 1.54) is 19.1 Å². The maximum Gasteiger partial charge on any atom is 0.161 e. The lowest BCUT2D eigenvalue weighted by atomic mass is 10.1. The Morgan fingerprint density at radius 2 is 1.84 bits per heavy atom. The van der Waals surface area contributed by atoms with Crippen molar-refractivity contribution >= 4 is 11.5 Å². The fourth-order valence-corrected chi connectivity index (χ4v) is 2.46. The lowest BCUT2D eigenvalue weighted by Crippen LogP contribution is -2.27. The number of benzene rings is 1. The number of halogens is 1. The molecule has 0 N–H and O–H groups in total. The topological polar surface area (TPSA) is 38.8 Å². The van der Waals surface area contributed by atoms with Crippen LogP contribution in [0.5, 0.6) is 0 Å². The number of anilines is 1. The van der Waals surface area contributed by atoms with Crippen LogP contribution in [0.2, 0.25) is 0 Å². The molecule has 0 aliphatic carbocycles. The van der Waals surface area contributed by atoms with Gasteiger partial charge in [0.15, 0.2) is 5.78 Å². The number of methoxy groups -OCH3 is 2. The third-order valence-corrected chi connectivity index (χ3v) is 3.50. The Balaban J connectivity index is 2.30. The molecule has 1 aromatic rings. The molecule has 1 heterocycles. The lowest BCUT2D eigenvalue weighted by molar-refractivity contribution is -0.00461. The zero-order valence-corrected chi connectivity index (χ0v) is 11.4. The number of carbonyl (C=O) groups excluding carboxylic acids is 1. The highest BCUT2D eigenvalue weighted by Gasteiger charge is 2.34. The molecule has 1 aromatic carbocycles. The normalized spacial score (nSPS) is 22.8. The summed E-state index contributed by atoms with van der Waals surface area (Å²) in [5.74, 6) is -0.552. The molecule has 0 saturated carbocycles. The van der Waals surface area contributed by atoms with Crippen LogP contribution in [0, 0.1) is 5.82 Å². The molecule has 0 aromatic heterocycles. The van der Waals surface area contributed by atoms with E-state index in [0.717, 1.165) is 5.69 Å². The van der Waals surface area contributed by atoms with Gasteiger partial charge in [0.2, 0.25) is 0 Å². The second-order valence-corrected chi connectivity index (χ2v) is 4.67.